The molecule has 52 heavy (non-hydrogen) atoms. The number of nitrogens with zero attached hydrogens (tertiary/aromatic N) is 6. The smallest absolute Gasteiger partial charge is 0.410 e. The van der Waals surface area contributed by atoms with E-state index in [4.69, 9.17) is 32.9 Å². The van der Waals surface area contributed by atoms with E-state index >= 15 is 4.79 Å². The lowest BCUT2D eigenvalue weighted by atomic mass is 9.95. The third kappa shape index (κ3) is 8.45. The Morgan fingerprint density at radius 1 is 0.962 bits per heavy atom. The van der Waals surface area contributed by atoms with E-state index in [1.807, 2.05) is 35.9 Å². The van der Waals surface area contributed by atoms with Crippen molar-refractivity contribution in [2.45, 2.75) is 89.6 Å². The van der Waals surface area contributed by atoms with E-state index < -0.39 is 12.1 Å². The lowest BCUT2D eigenvalue weighted by molar-refractivity contribution is -0.140. The zero-order valence-electron chi connectivity index (χ0n) is 29.5. The van der Waals surface area contributed by atoms with E-state index in [-0.39, 0.29) is 37.0 Å². The van der Waals surface area contributed by atoms with Crippen LogP contribution in [0.3, 0.4) is 0 Å². The minimum Gasteiger partial charge on any atom is -0.446 e. The lowest BCUT2D eigenvalue weighted by Gasteiger charge is -2.45. The van der Waals surface area contributed by atoms with Gasteiger partial charge in [0.05, 0.1) is 28.8 Å². The third-order valence-electron chi connectivity index (χ3n) is 10.6. The number of imidazole rings is 1. The number of pyridine rings is 1. The highest BCUT2D eigenvalue weighted by Gasteiger charge is 2.43. The molecule has 4 aromatic rings. The molecule has 0 spiro atoms. The molecule has 3 aliphatic rings. The second-order valence-corrected chi connectivity index (χ2v) is 15.2. The van der Waals surface area contributed by atoms with Gasteiger partial charge in [0.1, 0.15) is 18.0 Å². The number of hydrogen-bond acceptors (Lipinski definition) is 6. The summed E-state index contributed by atoms with van der Waals surface area (Å²) < 4.78 is 22.0. The fourth-order valence-electron chi connectivity index (χ4n) is 7.97. The van der Waals surface area contributed by atoms with Gasteiger partial charge in [0.2, 0.25) is 5.91 Å². The molecule has 0 N–H and O–H groups in total. The summed E-state index contributed by atoms with van der Waals surface area (Å²) in [6, 6.07) is 13.1. The number of hydrogen-bond donors (Lipinski definition) is 0. The summed E-state index contributed by atoms with van der Waals surface area (Å²) in [6.45, 7) is 4.42. The average molecular weight is 748 g/mol. The molecule has 1 saturated heterocycles. The summed E-state index contributed by atoms with van der Waals surface area (Å²) in [5.74, 6) is -0.512. The van der Waals surface area contributed by atoms with Crippen molar-refractivity contribution < 1.29 is 18.7 Å². The topological polar surface area (TPSA) is 83.8 Å². The zero-order valence-corrected chi connectivity index (χ0v) is 31.0. The van der Waals surface area contributed by atoms with Crippen molar-refractivity contribution in [1.29, 1.82) is 0 Å². The molecule has 7 rings (SSSR count). The Balaban J connectivity index is 1.22. The van der Waals surface area contributed by atoms with Crippen LogP contribution in [0, 0.1) is 12.7 Å². The molecule has 1 unspecified atom stereocenters. The minimum atomic E-state index is -0.824. The van der Waals surface area contributed by atoms with Crippen molar-refractivity contribution in [2.75, 3.05) is 26.2 Å². The number of aromatic nitrogens is 3. The van der Waals surface area contributed by atoms with E-state index in [9.17, 15) is 9.18 Å². The molecule has 1 aliphatic heterocycles. The summed E-state index contributed by atoms with van der Waals surface area (Å²) in [7, 11) is 0. The van der Waals surface area contributed by atoms with Crippen LogP contribution in [0.5, 0.6) is 0 Å². The van der Waals surface area contributed by atoms with Crippen LogP contribution in [0.25, 0.3) is 0 Å². The SMILES string of the molecule is Cc1cn(CCCN(Cc2ccc(F)cc2)C(=O)[C@H]2CN(C3c4ccc(Cl)cc4CCc4cc(Cl)cnc43)CCN2C(=O)OC2CCCCC2)cn1. The van der Waals surface area contributed by atoms with Gasteiger partial charge in [-0.15, -0.1) is 0 Å². The van der Waals surface area contributed by atoms with Crippen LogP contribution in [0.15, 0.2) is 67.3 Å². The Morgan fingerprint density at radius 2 is 1.73 bits per heavy atom. The van der Waals surface area contributed by atoms with Gasteiger partial charge >= 0.3 is 6.09 Å². The fraction of sp³-hybridized carbons (Fsp3) is 0.450. The zero-order chi connectivity index (χ0) is 36.2. The maximum Gasteiger partial charge on any atom is 0.410 e. The number of amides is 2. The van der Waals surface area contributed by atoms with Gasteiger partial charge < -0.3 is 14.2 Å². The van der Waals surface area contributed by atoms with Crippen molar-refractivity contribution in [3.63, 3.8) is 0 Å². The lowest BCUT2D eigenvalue weighted by Crippen LogP contribution is -2.62. The molecule has 2 amide bonds. The highest BCUT2D eigenvalue weighted by Crippen LogP contribution is 2.39. The number of aryl methyl sites for hydroxylation is 4. The molecule has 274 valence electrons. The fourth-order valence-corrected chi connectivity index (χ4v) is 8.35. The van der Waals surface area contributed by atoms with Crippen LogP contribution in [-0.2, 0) is 35.5 Å². The van der Waals surface area contributed by atoms with Crippen molar-refractivity contribution in [2.24, 2.45) is 0 Å². The number of rotatable bonds is 9. The first kappa shape index (κ1) is 36.4. The highest BCUT2D eigenvalue weighted by molar-refractivity contribution is 6.30. The molecule has 1 saturated carbocycles. The molecule has 9 nitrogen and oxygen atoms in total. The van der Waals surface area contributed by atoms with Crippen molar-refractivity contribution in [3.05, 3.63) is 117 Å². The average Bonchev–Trinajstić information content (AvgIpc) is 3.49. The standard InChI is InChI=1S/C40H45Cl2FN6O3/c1-27-23-46(26-45-27)16-5-17-48(24-28-8-13-33(43)14-9-28)39(50)36-25-47(18-19-49(36)40(51)52-34-6-3-2-4-7-34)38-35-15-12-31(41)20-29(35)10-11-30-21-32(42)22-44-37(30)38/h8-9,12-15,20-23,26,34,36,38H,2-7,10-11,16-19,24-25H2,1H3/t36-,38?/m1/s1. The number of piperazine rings is 1. The third-order valence-corrected chi connectivity index (χ3v) is 11.1. The second kappa shape index (κ2) is 16.4. The summed E-state index contributed by atoms with van der Waals surface area (Å²) >= 11 is 13.0. The molecule has 0 bridgehead atoms. The number of ether oxygens (including phenoxy) is 1. The largest absolute Gasteiger partial charge is 0.446 e. The van der Waals surface area contributed by atoms with E-state index in [0.717, 1.165) is 78.6 Å². The molecule has 12 heteroatoms. The Morgan fingerprint density at radius 3 is 2.50 bits per heavy atom. The van der Waals surface area contributed by atoms with Crippen LogP contribution >= 0.6 is 23.2 Å². The van der Waals surface area contributed by atoms with E-state index in [1.165, 1.54) is 12.1 Å². The predicted molar refractivity (Wildman–Crippen MR) is 199 cm³/mol. The molecule has 0 radical (unpaired) electrons. The number of halogens is 3. The molecule has 3 heterocycles. The maximum atomic E-state index is 15.0. The Hall–Kier alpha value is -3.99. The van der Waals surface area contributed by atoms with Crippen molar-refractivity contribution in [1.82, 2.24) is 29.2 Å². The molecular formula is C40H45Cl2FN6O3. The van der Waals surface area contributed by atoms with E-state index in [1.54, 1.807) is 34.5 Å². The van der Waals surface area contributed by atoms with Crippen LogP contribution in [0.4, 0.5) is 9.18 Å². The summed E-state index contributed by atoms with van der Waals surface area (Å²) in [4.78, 5) is 44.0. The van der Waals surface area contributed by atoms with Crippen molar-refractivity contribution in [3.8, 4) is 0 Å². The van der Waals surface area contributed by atoms with Crippen molar-refractivity contribution >= 4 is 35.2 Å². The summed E-state index contributed by atoms with van der Waals surface area (Å²) in [5, 5.41) is 1.24. The number of benzene rings is 2. The number of carbonyl (C=O) groups excluding carboxylic acids is 2. The van der Waals surface area contributed by atoms with Gasteiger partial charge in [-0.2, -0.15) is 0 Å². The highest BCUT2D eigenvalue weighted by atomic mass is 35.5. The summed E-state index contributed by atoms with van der Waals surface area (Å²) in [6.07, 6.45) is 11.9. The quantitative estimate of drug-likeness (QED) is 0.174. The van der Waals surface area contributed by atoms with Gasteiger partial charge in [0.15, 0.2) is 0 Å². The van der Waals surface area contributed by atoms with E-state index in [0.29, 0.717) is 42.6 Å². The molecular weight excluding hydrogens is 702 g/mol. The predicted octanol–water partition coefficient (Wildman–Crippen LogP) is 7.80. The normalized spacial score (nSPS) is 19.4. The van der Waals surface area contributed by atoms with Crippen LogP contribution in [-0.4, -0.2) is 79.6 Å². The molecule has 2 atom stereocenters. The maximum absolute atomic E-state index is 15.0. The first-order valence-corrected chi connectivity index (χ1v) is 19.1. The van der Waals surface area contributed by atoms with Gasteiger partial charge in [-0.1, -0.05) is 47.8 Å². The first-order chi connectivity index (χ1) is 25.2. The molecule has 2 aliphatic carbocycles. The monoisotopic (exact) mass is 746 g/mol. The second-order valence-electron chi connectivity index (χ2n) is 14.3. The Labute approximate surface area is 314 Å². The molecule has 2 aromatic heterocycles. The molecule has 2 fully saturated rings. The van der Waals surface area contributed by atoms with Gasteiger partial charge in [0.25, 0.3) is 0 Å². The number of carbonyl (C=O) groups is 2. The van der Waals surface area contributed by atoms with Gasteiger partial charge in [0, 0.05) is 56.7 Å². The van der Waals surface area contributed by atoms with Gasteiger partial charge in [-0.05, 0) is 104 Å². The van der Waals surface area contributed by atoms with Crippen LogP contribution in [0.2, 0.25) is 10.0 Å². The summed E-state index contributed by atoms with van der Waals surface area (Å²) in [5.41, 5.74) is 5.90. The van der Waals surface area contributed by atoms with Crippen LogP contribution in [0.1, 0.15) is 78.2 Å². The van der Waals surface area contributed by atoms with Gasteiger partial charge in [-0.3, -0.25) is 19.6 Å². The number of fused-ring (bicyclic) bond motifs is 2. The first-order valence-electron chi connectivity index (χ1n) is 18.4. The van der Waals surface area contributed by atoms with Crippen LogP contribution < -0.4 is 0 Å². The van der Waals surface area contributed by atoms with Gasteiger partial charge in [-0.25, -0.2) is 14.2 Å². The minimum absolute atomic E-state index is 0.150. The Kier molecular flexibility index (Phi) is 11.4. The molecule has 2 aromatic carbocycles. The Bertz CT molecular complexity index is 1830. The van der Waals surface area contributed by atoms with E-state index in [2.05, 4.69) is 16.0 Å².